The van der Waals surface area contributed by atoms with E-state index in [0.29, 0.717) is 19.4 Å². The van der Waals surface area contributed by atoms with E-state index in [-0.39, 0.29) is 18.1 Å². The molecule has 0 bridgehead atoms. The van der Waals surface area contributed by atoms with E-state index < -0.39 is 18.2 Å². The van der Waals surface area contributed by atoms with Gasteiger partial charge in [0, 0.05) is 13.0 Å². The molecule has 0 aromatic heterocycles. The van der Waals surface area contributed by atoms with Crippen molar-refractivity contribution in [2.24, 2.45) is 5.73 Å². The highest BCUT2D eigenvalue weighted by Gasteiger charge is 2.22. The van der Waals surface area contributed by atoms with Crippen molar-refractivity contribution in [3.05, 3.63) is 35.6 Å². The summed E-state index contributed by atoms with van der Waals surface area (Å²) in [6.07, 6.45) is 4.86. The van der Waals surface area contributed by atoms with E-state index in [4.69, 9.17) is 5.73 Å². The summed E-state index contributed by atoms with van der Waals surface area (Å²) in [6.45, 7) is 2.54. The van der Waals surface area contributed by atoms with Crippen LogP contribution < -0.4 is 16.4 Å². The second-order valence-electron chi connectivity index (χ2n) is 6.78. The van der Waals surface area contributed by atoms with E-state index in [9.17, 15) is 19.1 Å². The Morgan fingerprint density at radius 1 is 1.15 bits per heavy atom. The SMILES string of the molecule is CCCCCCCC(=O)N[C@H](CC(N)=O)C(O)NCCc1ccc(F)cc1. The number of benzene rings is 1. The van der Waals surface area contributed by atoms with Crippen LogP contribution in [0.4, 0.5) is 4.39 Å². The molecule has 1 aromatic carbocycles. The smallest absolute Gasteiger partial charge is 0.220 e. The number of unbranched alkanes of at least 4 members (excludes halogenated alkanes) is 4. The van der Waals surface area contributed by atoms with E-state index in [1.165, 1.54) is 12.1 Å². The topological polar surface area (TPSA) is 104 Å². The molecule has 27 heavy (non-hydrogen) atoms. The highest BCUT2D eigenvalue weighted by molar-refractivity contribution is 5.78. The third kappa shape index (κ3) is 10.7. The van der Waals surface area contributed by atoms with E-state index >= 15 is 0 Å². The molecular weight excluding hydrogens is 349 g/mol. The molecule has 2 amide bonds. The van der Waals surface area contributed by atoms with Crippen LogP contribution in [0.2, 0.25) is 0 Å². The molecule has 0 aliphatic heterocycles. The molecule has 0 fully saturated rings. The van der Waals surface area contributed by atoms with Crippen LogP contribution in [-0.4, -0.2) is 35.7 Å². The lowest BCUT2D eigenvalue weighted by atomic mass is 10.1. The molecule has 6 nitrogen and oxygen atoms in total. The minimum atomic E-state index is -1.10. The summed E-state index contributed by atoms with van der Waals surface area (Å²) in [4.78, 5) is 23.3. The maximum Gasteiger partial charge on any atom is 0.220 e. The molecule has 0 saturated carbocycles. The average molecular weight is 381 g/mol. The van der Waals surface area contributed by atoms with Gasteiger partial charge in [-0.1, -0.05) is 44.7 Å². The zero-order chi connectivity index (χ0) is 20.1. The Balaban J connectivity index is 2.40. The van der Waals surface area contributed by atoms with Gasteiger partial charge in [0.25, 0.3) is 0 Å². The Kier molecular flexibility index (Phi) is 11.3. The molecule has 0 heterocycles. The fourth-order valence-electron chi connectivity index (χ4n) is 2.78. The van der Waals surface area contributed by atoms with E-state index in [1.54, 1.807) is 12.1 Å². The van der Waals surface area contributed by atoms with Crippen molar-refractivity contribution in [1.29, 1.82) is 0 Å². The van der Waals surface area contributed by atoms with Gasteiger partial charge in [0.05, 0.1) is 12.5 Å². The van der Waals surface area contributed by atoms with Gasteiger partial charge < -0.3 is 16.2 Å². The van der Waals surface area contributed by atoms with Crippen LogP contribution in [0, 0.1) is 5.82 Å². The van der Waals surface area contributed by atoms with Crippen molar-refractivity contribution in [3.63, 3.8) is 0 Å². The summed E-state index contributed by atoms with van der Waals surface area (Å²) in [5, 5.41) is 15.8. The zero-order valence-corrected chi connectivity index (χ0v) is 16.0. The average Bonchev–Trinajstić information content (AvgIpc) is 2.62. The molecule has 5 N–H and O–H groups in total. The van der Waals surface area contributed by atoms with Crippen molar-refractivity contribution in [2.45, 2.75) is 70.6 Å². The predicted molar refractivity (Wildman–Crippen MR) is 103 cm³/mol. The van der Waals surface area contributed by atoms with Gasteiger partial charge >= 0.3 is 0 Å². The Morgan fingerprint density at radius 2 is 1.81 bits per heavy atom. The number of rotatable bonds is 14. The number of halogens is 1. The zero-order valence-electron chi connectivity index (χ0n) is 16.0. The van der Waals surface area contributed by atoms with E-state index in [1.807, 2.05) is 0 Å². The van der Waals surface area contributed by atoms with Gasteiger partial charge in [0.15, 0.2) is 0 Å². The van der Waals surface area contributed by atoms with Gasteiger partial charge in [-0.25, -0.2) is 4.39 Å². The highest BCUT2D eigenvalue weighted by Crippen LogP contribution is 2.06. The molecule has 1 unspecified atom stereocenters. The molecule has 152 valence electrons. The first kappa shape index (κ1) is 23.0. The van der Waals surface area contributed by atoms with Crippen LogP contribution in [0.15, 0.2) is 24.3 Å². The van der Waals surface area contributed by atoms with Crippen molar-refractivity contribution in [1.82, 2.24) is 10.6 Å². The Labute approximate surface area is 160 Å². The number of primary amides is 1. The van der Waals surface area contributed by atoms with Crippen LogP contribution >= 0.6 is 0 Å². The normalized spacial score (nSPS) is 13.1. The summed E-state index contributed by atoms with van der Waals surface area (Å²) in [5.74, 6) is -1.09. The number of carbonyl (C=O) groups excluding carboxylic acids is 2. The molecule has 0 aliphatic carbocycles. The van der Waals surface area contributed by atoms with Crippen molar-refractivity contribution < 1.29 is 19.1 Å². The highest BCUT2D eigenvalue weighted by atomic mass is 19.1. The number of carbonyl (C=O) groups is 2. The lowest BCUT2D eigenvalue weighted by molar-refractivity contribution is -0.124. The first-order chi connectivity index (χ1) is 12.9. The quantitative estimate of drug-likeness (QED) is 0.292. The fraction of sp³-hybridized carbons (Fsp3) is 0.600. The molecule has 2 atom stereocenters. The summed E-state index contributed by atoms with van der Waals surface area (Å²) in [7, 11) is 0. The number of hydrogen-bond donors (Lipinski definition) is 4. The van der Waals surface area contributed by atoms with Crippen LogP contribution in [0.1, 0.15) is 57.4 Å². The Hall–Kier alpha value is -1.99. The Bertz CT molecular complexity index is 566. The van der Waals surface area contributed by atoms with Crippen molar-refractivity contribution in [2.75, 3.05) is 6.54 Å². The lowest BCUT2D eigenvalue weighted by Crippen LogP contribution is -2.52. The number of aliphatic hydroxyl groups is 1. The second kappa shape index (κ2) is 13.2. The summed E-state index contributed by atoms with van der Waals surface area (Å²) in [6, 6.07) is 5.32. The molecule has 0 spiro atoms. The number of hydrogen-bond acceptors (Lipinski definition) is 4. The first-order valence-corrected chi connectivity index (χ1v) is 9.66. The van der Waals surface area contributed by atoms with Crippen molar-refractivity contribution >= 4 is 11.8 Å². The molecule has 1 rings (SSSR count). The van der Waals surface area contributed by atoms with Crippen molar-refractivity contribution in [3.8, 4) is 0 Å². The largest absolute Gasteiger partial charge is 0.376 e. The predicted octanol–water partition coefficient (Wildman–Crippen LogP) is 2.00. The minimum Gasteiger partial charge on any atom is -0.376 e. The summed E-state index contributed by atoms with van der Waals surface area (Å²) >= 11 is 0. The molecule has 0 radical (unpaired) electrons. The first-order valence-electron chi connectivity index (χ1n) is 9.66. The maximum atomic E-state index is 12.9. The molecule has 1 aromatic rings. The monoisotopic (exact) mass is 381 g/mol. The second-order valence-corrected chi connectivity index (χ2v) is 6.78. The number of amides is 2. The van der Waals surface area contributed by atoms with Gasteiger partial charge in [0.1, 0.15) is 12.0 Å². The van der Waals surface area contributed by atoms with Gasteiger partial charge in [-0.15, -0.1) is 0 Å². The van der Waals surface area contributed by atoms with Gasteiger partial charge in [-0.2, -0.15) is 0 Å². The van der Waals surface area contributed by atoms with Crippen LogP contribution in [0.25, 0.3) is 0 Å². The van der Waals surface area contributed by atoms with Gasteiger partial charge in [-0.05, 0) is 30.5 Å². The summed E-state index contributed by atoms with van der Waals surface area (Å²) in [5.41, 5.74) is 6.15. The lowest BCUT2D eigenvalue weighted by Gasteiger charge is -2.24. The molecule has 7 heteroatoms. The van der Waals surface area contributed by atoms with Crippen LogP contribution in [-0.2, 0) is 16.0 Å². The third-order valence-corrected chi connectivity index (χ3v) is 4.34. The number of nitrogens with two attached hydrogens (primary N) is 1. The van der Waals surface area contributed by atoms with Gasteiger partial charge in [0.2, 0.25) is 11.8 Å². The molecule has 0 saturated heterocycles. The number of aliphatic hydroxyl groups excluding tert-OH is 1. The van der Waals surface area contributed by atoms with Crippen LogP contribution in [0.5, 0.6) is 0 Å². The molecule has 0 aliphatic rings. The van der Waals surface area contributed by atoms with Gasteiger partial charge in [-0.3, -0.25) is 14.9 Å². The standard InChI is InChI=1S/C20H32FN3O3/c1-2-3-4-5-6-7-19(26)24-17(14-18(22)25)20(27)23-13-12-15-8-10-16(21)11-9-15/h8-11,17,20,23,27H,2-7,12-14H2,1H3,(H2,22,25)(H,24,26)/t17-,20?/m1/s1. The fourth-order valence-corrected chi connectivity index (χ4v) is 2.78. The van der Waals surface area contributed by atoms with Crippen LogP contribution in [0.3, 0.4) is 0 Å². The minimum absolute atomic E-state index is 0.147. The molecular formula is C20H32FN3O3. The van der Waals surface area contributed by atoms with E-state index in [0.717, 1.165) is 37.7 Å². The third-order valence-electron chi connectivity index (χ3n) is 4.34. The maximum absolute atomic E-state index is 12.9. The summed E-state index contributed by atoms with van der Waals surface area (Å²) < 4.78 is 12.9. The number of nitrogens with one attached hydrogen (secondary N) is 2. The van der Waals surface area contributed by atoms with E-state index in [2.05, 4.69) is 17.6 Å². The Morgan fingerprint density at radius 3 is 2.44 bits per heavy atom.